The van der Waals surface area contributed by atoms with Crippen LogP contribution < -0.4 is 22.5 Å². The Morgan fingerprint density at radius 2 is 1.85 bits per heavy atom. The summed E-state index contributed by atoms with van der Waals surface area (Å²) in [6.07, 6.45) is 0. The Morgan fingerprint density at radius 1 is 1.38 bits per heavy atom. The van der Waals surface area contributed by atoms with Crippen LogP contribution in [0.15, 0.2) is 4.99 Å². The third kappa shape index (κ3) is 3.94. The van der Waals surface area contributed by atoms with Gasteiger partial charge in [0.15, 0.2) is 11.9 Å². The molecule has 0 rings (SSSR count). The first-order valence-corrected chi connectivity index (χ1v) is 3.52. The van der Waals surface area contributed by atoms with Crippen molar-refractivity contribution in [3.63, 3.8) is 0 Å². The average molecular weight is 186 g/mol. The van der Waals surface area contributed by atoms with Gasteiger partial charge in [-0.3, -0.25) is 15.5 Å². The number of carbonyl (C=O) groups excluding carboxylic acids is 1. The van der Waals surface area contributed by atoms with E-state index in [2.05, 4.69) is 10.3 Å². The molecule has 0 fully saturated rings. The molecule has 0 spiro atoms. The lowest BCUT2D eigenvalue weighted by Crippen LogP contribution is -2.45. The van der Waals surface area contributed by atoms with Crippen LogP contribution in [0.4, 0.5) is 0 Å². The number of amides is 1. The molecule has 0 aliphatic rings. The molecule has 0 aromatic carbocycles. The topological polar surface area (TPSA) is 143 Å². The number of guanidine groups is 2. The summed E-state index contributed by atoms with van der Waals surface area (Å²) in [6, 6.07) is 0. The molecule has 0 saturated heterocycles. The number of nitrogens with one attached hydrogen (secondary N) is 2. The van der Waals surface area contributed by atoms with Crippen molar-refractivity contribution < 1.29 is 4.79 Å². The van der Waals surface area contributed by atoms with E-state index < -0.39 is 11.4 Å². The lowest BCUT2D eigenvalue weighted by molar-refractivity contribution is -0.121. The molecule has 0 aliphatic heterocycles. The number of rotatable bonds is 2. The third-order valence-corrected chi connectivity index (χ3v) is 1.27. The van der Waals surface area contributed by atoms with Crippen molar-refractivity contribution in [2.24, 2.45) is 22.2 Å². The van der Waals surface area contributed by atoms with Crippen molar-refractivity contribution in [3.8, 4) is 0 Å². The summed E-state index contributed by atoms with van der Waals surface area (Å²) in [5, 5.41) is 9.06. The Balaban J connectivity index is 4.54. The molecule has 74 valence electrons. The highest BCUT2D eigenvalue weighted by atomic mass is 16.1. The molecule has 0 aromatic heterocycles. The van der Waals surface area contributed by atoms with Crippen molar-refractivity contribution in [1.82, 2.24) is 5.32 Å². The number of carbonyl (C=O) groups is 1. The molecule has 0 bridgehead atoms. The smallest absolute Gasteiger partial charge is 0.244 e. The molecule has 1 amide bonds. The van der Waals surface area contributed by atoms with Gasteiger partial charge in [-0.2, -0.15) is 0 Å². The van der Waals surface area contributed by atoms with Gasteiger partial charge in [-0.15, -0.1) is 0 Å². The number of aliphatic imine (C=N–C) groups is 1. The van der Waals surface area contributed by atoms with Crippen LogP contribution in [0.25, 0.3) is 0 Å². The fourth-order valence-electron chi connectivity index (χ4n) is 0.522. The quantitative estimate of drug-likeness (QED) is 0.252. The van der Waals surface area contributed by atoms with Crippen molar-refractivity contribution in [2.45, 2.75) is 19.4 Å². The summed E-state index contributed by atoms with van der Waals surface area (Å²) in [6.45, 7) is 3.01. The van der Waals surface area contributed by atoms with E-state index in [1.54, 1.807) is 0 Å². The second kappa shape index (κ2) is 3.74. The minimum atomic E-state index is -1.10. The molecule has 0 atom stereocenters. The van der Waals surface area contributed by atoms with E-state index in [-0.39, 0.29) is 11.9 Å². The molecule has 0 aliphatic carbocycles. The first-order chi connectivity index (χ1) is 5.75. The Bertz CT molecular complexity index is 256. The predicted octanol–water partition coefficient (Wildman–Crippen LogP) is -1.95. The van der Waals surface area contributed by atoms with Gasteiger partial charge >= 0.3 is 0 Å². The fourth-order valence-corrected chi connectivity index (χ4v) is 0.522. The molecule has 13 heavy (non-hydrogen) atoms. The highest BCUT2D eigenvalue weighted by molar-refractivity contribution is 5.97. The lowest BCUT2D eigenvalue weighted by atomic mass is 10.1. The van der Waals surface area contributed by atoms with Gasteiger partial charge in [-0.05, 0) is 13.8 Å². The average Bonchev–Trinajstić information content (AvgIpc) is 1.82. The van der Waals surface area contributed by atoms with Crippen LogP contribution in [0.2, 0.25) is 0 Å². The lowest BCUT2D eigenvalue weighted by Gasteiger charge is -2.15. The maximum atomic E-state index is 10.8. The summed E-state index contributed by atoms with van der Waals surface area (Å²) in [4.78, 5) is 14.5. The van der Waals surface area contributed by atoms with E-state index in [0.29, 0.717) is 0 Å². The van der Waals surface area contributed by atoms with E-state index >= 15 is 0 Å². The van der Waals surface area contributed by atoms with Gasteiger partial charge in [-0.1, -0.05) is 0 Å². The largest absolute Gasteiger partial charge is 0.370 e. The number of hydrogen-bond acceptors (Lipinski definition) is 3. The minimum Gasteiger partial charge on any atom is -0.370 e. The Hall–Kier alpha value is -1.79. The molecule has 0 aromatic rings. The number of nitrogens with two attached hydrogens (primary N) is 3. The Kier molecular flexibility index (Phi) is 3.23. The number of primary amides is 1. The second-order valence-electron chi connectivity index (χ2n) is 2.96. The molecule has 7 nitrogen and oxygen atoms in total. The van der Waals surface area contributed by atoms with Gasteiger partial charge in [-0.25, -0.2) is 4.99 Å². The van der Waals surface area contributed by atoms with Crippen LogP contribution in [-0.4, -0.2) is 23.4 Å². The number of nitrogens with zero attached hydrogens (tertiary/aromatic N) is 1. The van der Waals surface area contributed by atoms with Crippen molar-refractivity contribution >= 4 is 17.8 Å². The third-order valence-electron chi connectivity index (χ3n) is 1.27. The Labute approximate surface area is 75.9 Å². The van der Waals surface area contributed by atoms with Crippen LogP contribution >= 0.6 is 0 Å². The number of hydrogen-bond donors (Lipinski definition) is 5. The van der Waals surface area contributed by atoms with Crippen molar-refractivity contribution in [1.29, 1.82) is 5.41 Å². The predicted molar refractivity (Wildman–Crippen MR) is 49.9 cm³/mol. The van der Waals surface area contributed by atoms with Crippen LogP contribution in [0.3, 0.4) is 0 Å². The van der Waals surface area contributed by atoms with Gasteiger partial charge in [0.25, 0.3) is 0 Å². The zero-order valence-corrected chi connectivity index (χ0v) is 7.59. The van der Waals surface area contributed by atoms with Gasteiger partial charge < -0.3 is 17.2 Å². The molecule has 0 saturated carbocycles. The minimum absolute atomic E-state index is 0.115. The van der Waals surface area contributed by atoms with E-state index in [4.69, 9.17) is 22.6 Å². The fraction of sp³-hybridized carbons (Fsp3) is 0.500. The summed E-state index contributed by atoms with van der Waals surface area (Å²) < 4.78 is 0. The maximum Gasteiger partial charge on any atom is 0.244 e. The normalized spacial score (nSPS) is 12.3. The summed E-state index contributed by atoms with van der Waals surface area (Å²) in [7, 11) is 0. The SMILES string of the molecule is CC(C)(N=C(N)NC(=N)N)C(N)=O. The van der Waals surface area contributed by atoms with Crippen molar-refractivity contribution in [3.05, 3.63) is 0 Å². The monoisotopic (exact) mass is 186 g/mol. The van der Waals surface area contributed by atoms with Crippen LogP contribution in [0.1, 0.15) is 13.8 Å². The van der Waals surface area contributed by atoms with E-state index in [0.717, 1.165) is 0 Å². The maximum absolute atomic E-state index is 10.8. The highest BCUT2D eigenvalue weighted by Crippen LogP contribution is 2.06. The van der Waals surface area contributed by atoms with Crippen LogP contribution in [0, 0.1) is 5.41 Å². The van der Waals surface area contributed by atoms with Gasteiger partial charge in [0.2, 0.25) is 5.91 Å². The van der Waals surface area contributed by atoms with Gasteiger partial charge in [0.1, 0.15) is 5.54 Å². The van der Waals surface area contributed by atoms with Gasteiger partial charge in [0, 0.05) is 0 Å². The second-order valence-corrected chi connectivity index (χ2v) is 2.96. The molecule has 0 heterocycles. The van der Waals surface area contributed by atoms with Crippen LogP contribution in [-0.2, 0) is 4.79 Å². The zero-order valence-electron chi connectivity index (χ0n) is 7.59. The highest BCUT2D eigenvalue weighted by Gasteiger charge is 2.24. The van der Waals surface area contributed by atoms with E-state index in [1.807, 2.05) is 0 Å². The molecule has 0 radical (unpaired) electrons. The molecule has 0 unspecified atom stereocenters. The standard InChI is InChI=1S/C6H14N6O/c1-6(2,3(7)13)12-5(10)11-4(8)9/h1-2H3,(H2,7,13)(H6,8,9,10,11,12). The Morgan fingerprint density at radius 3 is 2.15 bits per heavy atom. The molecular formula is C6H14N6O. The van der Waals surface area contributed by atoms with E-state index in [9.17, 15) is 4.79 Å². The molecule has 8 N–H and O–H groups in total. The summed E-state index contributed by atoms with van der Waals surface area (Å²) in [5.41, 5.74) is 14.2. The first-order valence-electron chi connectivity index (χ1n) is 3.52. The van der Waals surface area contributed by atoms with Crippen LogP contribution in [0.5, 0.6) is 0 Å². The summed E-state index contributed by atoms with van der Waals surface area (Å²) in [5.74, 6) is -1.07. The first kappa shape index (κ1) is 11.2. The summed E-state index contributed by atoms with van der Waals surface area (Å²) >= 11 is 0. The molecule has 7 heteroatoms. The van der Waals surface area contributed by atoms with E-state index in [1.165, 1.54) is 13.8 Å². The zero-order chi connectivity index (χ0) is 10.6. The van der Waals surface area contributed by atoms with Gasteiger partial charge in [0.05, 0.1) is 0 Å². The van der Waals surface area contributed by atoms with Crippen molar-refractivity contribution in [2.75, 3.05) is 0 Å². The molecular weight excluding hydrogens is 172 g/mol.